The van der Waals surface area contributed by atoms with E-state index < -0.39 is 0 Å². The third-order valence-corrected chi connectivity index (χ3v) is 4.30. The van der Waals surface area contributed by atoms with Crippen LogP contribution < -0.4 is 5.73 Å². The van der Waals surface area contributed by atoms with Crippen LogP contribution in [0.15, 0.2) is 0 Å². The molecule has 1 aliphatic heterocycles. The van der Waals surface area contributed by atoms with Gasteiger partial charge in [-0.05, 0) is 26.7 Å². The second kappa shape index (κ2) is 6.23. The molecule has 2 atom stereocenters. The van der Waals surface area contributed by atoms with Crippen LogP contribution in [0, 0.1) is 0 Å². The molecule has 0 aromatic heterocycles. The van der Waals surface area contributed by atoms with Gasteiger partial charge in [-0.15, -0.1) is 0 Å². The van der Waals surface area contributed by atoms with Crippen LogP contribution in [0.1, 0.15) is 65.2 Å². The molecule has 0 amide bonds. The quantitative estimate of drug-likeness (QED) is 0.800. The van der Waals surface area contributed by atoms with Gasteiger partial charge < -0.3 is 15.2 Å². The molecule has 1 saturated heterocycles. The number of carbonyl (C=O) groups is 1. The Morgan fingerprint density at radius 3 is 2.37 bits per heavy atom. The van der Waals surface area contributed by atoms with Crippen molar-refractivity contribution in [1.82, 2.24) is 0 Å². The van der Waals surface area contributed by atoms with Crippen molar-refractivity contribution in [3.05, 3.63) is 0 Å². The molecule has 0 spiro atoms. The summed E-state index contributed by atoms with van der Waals surface area (Å²) in [5.74, 6) is -0.129. The summed E-state index contributed by atoms with van der Waals surface area (Å²) >= 11 is 0. The zero-order chi connectivity index (χ0) is 13.9. The molecule has 0 radical (unpaired) electrons. The van der Waals surface area contributed by atoms with Gasteiger partial charge in [-0.3, -0.25) is 4.79 Å². The van der Waals surface area contributed by atoms with E-state index in [1.807, 2.05) is 13.8 Å². The molecule has 19 heavy (non-hydrogen) atoms. The van der Waals surface area contributed by atoms with Crippen molar-refractivity contribution < 1.29 is 14.3 Å². The molecule has 2 aliphatic rings. The van der Waals surface area contributed by atoms with E-state index in [2.05, 4.69) is 0 Å². The molecule has 110 valence electrons. The number of hydrogen-bond donors (Lipinski definition) is 1. The predicted octanol–water partition coefficient (Wildman–Crippen LogP) is 2.54. The maximum atomic E-state index is 12.1. The number of rotatable bonds is 3. The Hall–Kier alpha value is -0.610. The van der Waals surface area contributed by atoms with Crippen molar-refractivity contribution in [1.29, 1.82) is 0 Å². The molecule has 2 N–H and O–H groups in total. The van der Waals surface area contributed by atoms with Gasteiger partial charge in [0.1, 0.15) is 6.10 Å². The molecule has 1 saturated carbocycles. The molecule has 4 nitrogen and oxygen atoms in total. The van der Waals surface area contributed by atoms with Gasteiger partial charge in [-0.25, -0.2) is 0 Å². The van der Waals surface area contributed by atoms with Crippen LogP contribution in [0.3, 0.4) is 0 Å². The standard InChI is InChI=1S/C15H27NO3/c1-11-8-13(9-12(2)18-11)19-14(17)10-15(16)6-4-3-5-7-15/h11-13H,3-10,16H2,1-2H3. The fraction of sp³-hybridized carbons (Fsp3) is 0.933. The maximum Gasteiger partial charge on any atom is 0.307 e. The van der Waals surface area contributed by atoms with Crippen molar-refractivity contribution in [2.75, 3.05) is 0 Å². The molecule has 1 heterocycles. The fourth-order valence-corrected chi connectivity index (χ4v) is 3.39. The number of ether oxygens (including phenoxy) is 2. The third-order valence-electron chi connectivity index (χ3n) is 4.30. The van der Waals surface area contributed by atoms with Gasteiger partial charge >= 0.3 is 5.97 Å². The summed E-state index contributed by atoms with van der Waals surface area (Å²) in [6.07, 6.45) is 7.71. The van der Waals surface area contributed by atoms with Crippen LogP contribution in [0.25, 0.3) is 0 Å². The average molecular weight is 269 g/mol. The van der Waals surface area contributed by atoms with Crippen molar-refractivity contribution in [2.45, 2.75) is 89.1 Å². The summed E-state index contributed by atoms with van der Waals surface area (Å²) < 4.78 is 11.3. The van der Waals surface area contributed by atoms with Gasteiger partial charge in [-0.1, -0.05) is 19.3 Å². The van der Waals surface area contributed by atoms with Crippen LogP contribution in [0.2, 0.25) is 0 Å². The Labute approximate surface area is 116 Å². The lowest BCUT2D eigenvalue weighted by atomic mass is 9.80. The molecule has 2 unspecified atom stereocenters. The number of esters is 1. The Morgan fingerprint density at radius 1 is 1.21 bits per heavy atom. The SMILES string of the molecule is CC1CC(OC(=O)CC2(N)CCCCC2)CC(C)O1. The number of nitrogens with two attached hydrogens (primary N) is 1. The maximum absolute atomic E-state index is 12.1. The largest absolute Gasteiger partial charge is 0.462 e. The minimum absolute atomic E-state index is 0.00144. The van der Waals surface area contributed by atoms with Gasteiger partial charge in [0.15, 0.2) is 0 Å². The van der Waals surface area contributed by atoms with Crippen molar-refractivity contribution in [2.24, 2.45) is 5.73 Å². The summed E-state index contributed by atoms with van der Waals surface area (Å²) in [4.78, 5) is 12.1. The predicted molar refractivity (Wildman–Crippen MR) is 73.7 cm³/mol. The minimum atomic E-state index is -0.322. The summed E-state index contributed by atoms with van der Waals surface area (Å²) in [6, 6.07) is 0. The Bertz CT molecular complexity index is 303. The molecule has 0 aromatic carbocycles. The van der Waals surface area contributed by atoms with E-state index in [0.29, 0.717) is 6.42 Å². The molecule has 0 aromatic rings. The summed E-state index contributed by atoms with van der Waals surface area (Å²) in [5.41, 5.74) is 5.97. The summed E-state index contributed by atoms with van der Waals surface area (Å²) in [6.45, 7) is 4.06. The zero-order valence-corrected chi connectivity index (χ0v) is 12.2. The fourth-order valence-electron chi connectivity index (χ4n) is 3.39. The Kier molecular flexibility index (Phi) is 4.85. The van der Waals surface area contributed by atoms with Gasteiger partial charge in [0.05, 0.1) is 18.6 Å². The molecular formula is C15H27NO3. The van der Waals surface area contributed by atoms with Crippen LogP contribution >= 0.6 is 0 Å². The monoisotopic (exact) mass is 269 g/mol. The molecule has 2 fully saturated rings. The number of carbonyl (C=O) groups excluding carboxylic acids is 1. The molecule has 1 aliphatic carbocycles. The number of hydrogen-bond acceptors (Lipinski definition) is 4. The van der Waals surface area contributed by atoms with Crippen LogP contribution in [-0.2, 0) is 14.3 Å². The van der Waals surface area contributed by atoms with E-state index in [0.717, 1.165) is 38.5 Å². The van der Waals surface area contributed by atoms with Gasteiger partial charge in [-0.2, -0.15) is 0 Å². The van der Waals surface area contributed by atoms with Crippen LogP contribution in [-0.4, -0.2) is 29.8 Å². The van der Waals surface area contributed by atoms with Gasteiger partial charge in [0.2, 0.25) is 0 Å². The lowest BCUT2D eigenvalue weighted by Gasteiger charge is -2.35. The topological polar surface area (TPSA) is 61.5 Å². The second-order valence-electron chi connectivity index (χ2n) is 6.44. The van der Waals surface area contributed by atoms with Crippen LogP contribution in [0.4, 0.5) is 0 Å². The smallest absolute Gasteiger partial charge is 0.307 e. The normalized spacial score (nSPS) is 34.8. The van der Waals surface area contributed by atoms with Crippen LogP contribution in [0.5, 0.6) is 0 Å². The van der Waals surface area contributed by atoms with Crippen molar-refractivity contribution in [3.8, 4) is 0 Å². The van der Waals surface area contributed by atoms with Crippen molar-refractivity contribution >= 4 is 5.97 Å². The molecule has 4 heteroatoms. The van der Waals surface area contributed by atoms with E-state index in [1.165, 1.54) is 6.42 Å². The minimum Gasteiger partial charge on any atom is -0.462 e. The average Bonchev–Trinajstić information content (AvgIpc) is 2.27. The third kappa shape index (κ3) is 4.46. The van der Waals surface area contributed by atoms with Crippen molar-refractivity contribution in [3.63, 3.8) is 0 Å². The first-order valence-corrected chi connectivity index (χ1v) is 7.61. The summed E-state index contributed by atoms with van der Waals surface area (Å²) in [5, 5.41) is 0. The molecule has 0 bridgehead atoms. The Morgan fingerprint density at radius 2 is 1.79 bits per heavy atom. The van der Waals surface area contributed by atoms with E-state index in [9.17, 15) is 4.79 Å². The molecule has 2 rings (SSSR count). The zero-order valence-electron chi connectivity index (χ0n) is 12.2. The highest BCUT2D eigenvalue weighted by molar-refractivity contribution is 5.71. The van der Waals surface area contributed by atoms with E-state index in [1.54, 1.807) is 0 Å². The highest BCUT2D eigenvalue weighted by Gasteiger charge is 2.33. The highest BCUT2D eigenvalue weighted by Crippen LogP contribution is 2.30. The lowest BCUT2D eigenvalue weighted by molar-refractivity contribution is -0.161. The Balaban J connectivity index is 1.80. The second-order valence-corrected chi connectivity index (χ2v) is 6.44. The highest BCUT2D eigenvalue weighted by atomic mass is 16.6. The first kappa shape index (κ1) is 14.8. The first-order valence-electron chi connectivity index (χ1n) is 7.61. The lowest BCUT2D eigenvalue weighted by Crippen LogP contribution is -2.45. The van der Waals surface area contributed by atoms with Gasteiger partial charge in [0.25, 0.3) is 0 Å². The summed E-state index contributed by atoms with van der Waals surface area (Å²) in [7, 11) is 0. The van der Waals surface area contributed by atoms with E-state index in [4.69, 9.17) is 15.2 Å². The first-order chi connectivity index (χ1) is 8.97. The van der Waals surface area contributed by atoms with E-state index in [-0.39, 0.29) is 29.8 Å². The molecular weight excluding hydrogens is 242 g/mol. The van der Waals surface area contributed by atoms with Gasteiger partial charge in [0, 0.05) is 18.4 Å². The van der Waals surface area contributed by atoms with E-state index >= 15 is 0 Å².